The van der Waals surface area contributed by atoms with Crippen molar-refractivity contribution in [3.8, 4) is 11.4 Å². The number of hydrogen-bond acceptors (Lipinski definition) is 5. The molecule has 0 bridgehead atoms. The SMILES string of the molecule is Cc1ccc(/C=C(\Cl)c2nc(-c3ccccc3)no2)cc1[N+](=O)[O-]. The fraction of sp³-hybridized carbons (Fsp3) is 0.0588. The van der Waals surface area contributed by atoms with Gasteiger partial charge in [-0.1, -0.05) is 59.2 Å². The molecule has 0 aliphatic rings. The second-order valence-corrected chi connectivity index (χ2v) is 5.49. The van der Waals surface area contributed by atoms with E-state index in [1.165, 1.54) is 6.07 Å². The highest BCUT2D eigenvalue weighted by atomic mass is 35.5. The van der Waals surface area contributed by atoms with Gasteiger partial charge in [-0.2, -0.15) is 4.98 Å². The molecule has 1 aromatic heterocycles. The Morgan fingerprint density at radius 3 is 2.71 bits per heavy atom. The highest BCUT2D eigenvalue weighted by Crippen LogP contribution is 2.26. The number of nitrogens with zero attached hydrogens (tertiary/aromatic N) is 3. The number of rotatable bonds is 4. The van der Waals surface area contributed by atoms with Crippen LogP contribution in [0.15, 0.2) is 53.1 Å². The zero-order chi connectivity index (χ0) is 17.1. The molecule has 3 rings (SSSR count). The van der Waals surface area contributed by atoms with E-state index in [4.69, 9.17) is 16.1 Å². The van der Waals surface area contributed by atoms with Gasteiger partial charge in [0.2, 0.25) is 5.82 Å². The molecule has 0 aliphatic heterocycles. The molecule has 0 N–H and O–H groups in total. The van der Waals surface area contributed by atoms with Crippen molar-refractivity contribution in [2.75, 3.05) is 0 Å². The Balaban J connectivity index is 1.91. The van der Waals surface area contributed by atoms with E-state index in [2.05, 4.69) is 10.1 Å². The van der Waals surface area contributed by atoms with E-state index >= 15 is 0 Å². The molecule has 24 heavy (non-hydrogen) atoms. The maximum absolute atomic E-state index is 11.0. The molecular weight excluding hydrogens is 330 g/mol. The minimum atomic E-state index is -0.430. The molecule has 6 nitrogen and oxygen atoms in total. The summed E-state index contributed by atoms with van der Waals surface area (Å²) in [7, 11) is 0. The molecule has 120 valence electrons. The third-order valence-electron chi connectivity index (χ3n) is 3.39. The first-order chi connectivity index (χ1) is 11.5. The molecule has 2 aromatic carbocycles. The molecule has 0 aliphatic carbocycles. The number of nitro benzene ring substituents is 1. The summed E-state index contributed by atoms with van der Waals surface area (Å²) in [6, 6.07) is 14.2. The maximum Gasteiger partial charge on any atom is 0.272 e. The summed E-state index contributed by atoms with van der Waals surface area (Å²) in [5.74, 6) is 0.575. The van der Waals surface area contributed by atoms with Crippen molar-refractivity contribution >= 4 is 28.4 Å². The van der Waals surface area contributed by atoms with E-state index in [0.29, 0.717) is 17.0 Å². The molecule has 0 atom stereocenters. The molecule has 0 saturated heterocycles. The van der Waals surface area contributed by atoms with Crippen molar-refractivity contribution in [1.82, 2.24) is 10.1 Å². The fourth-order valence-electron chi connectivity index (χ4n) is 2.15. The van der Waals surface area contributed by atoms with E-state index in [0.717, 1.165) is 5.56 Å². The van der Waals surface area contributed by atoms with Gasteiger partial charge >= 0.3 is 0 Å². The lowest BCUT2D eigenvalue weighted by Gasteiger charge is -1.99. The van der Waals surface area contributed by atoms with Crippen molar-refractivity contribution in [2.24, 2.45) is 0 Å². The average molecular weight is 342 g/mol. The molecule has 0 unspecified atom stereocenters. The van der Waals surface area contributed by atoms with Crippen molar-refractivity contribution in [2.45, 2.75) is 6.92 Å². The van der Waals surface area contributed by atoms with Gasteiger partial charge in [0.15, 0.2) is 0 Å². The monoisotopic (exact) mass is 341 g/mol. The Morgan fingerprint density at radius 1 is 1.25 bits per heavy atom. The summed E-state index contributed by atoms with van der Waals surface area (Å²) in [5.41, 5.74) is 2.00. The van der Waals surface area contributed by atoms with Crippen LogP contribution in [0.1, 0.15) is 17.0 Å². The largest absolute Gasteiger partial charge is 0.333 e. The van der Waals surface area contributed by atoms with Crippen LogP contribution in [0.25, 0.3) is 22.5 Å². The second-order valence-electron chi connectivity index (χ2n) is 5.08. The van der Waals surface area contributed by atoms with Crippen molar-refractivity contribution in [1.29, 1.82) is 0 Å². The second kappa shape index (κ2) is 6.64. The Morgan fingerprint density at radius 2 is 2.00 bits per heavy atom. The molecule has 0 spiro atoms. The Hall–Kier alpha value is -2.99. The number of benzene rings is 2. The molecule has 3 aromatic rings. The van der Waals surface area contributed by atoms with Crippen LogP contribution >= 0.6 is 11.6 Å². The fourth-order valence-corrected chi connectivity index (χ4v) is 2.35. The first-order valence-corrected chi connectivity index (χ1v) is 7.44. The Bertz CT molecular complexity index is 920. The van der Waals surface area contributed by atoms with Gasteiger partial charge in [-0.3, -0.25) is 10.1 Å². The van der Waals surface area contributed by atoms with Crippen LogP contribution in [0.3, 0.4) is 0 Å². The number of halogens is 1. The van der Waals surface area contributed by atoms with Gasteiger partial charge in [-0.05, 0) is 18.6 Å². The van der Waals surface area contributed by atoms with Crippen LogP contribution in [-0.4, -0.2) is 15.1 Å². The lowest BCUT2D eigenvalue weighted by Crippen LogP contribution is -1.92. The van der Waals surface area contributed by atoms with Crippen molar-refractivity contribution in [3.05, 3.63) is 75.7 Å². The number of aryl methyl sites for hydroxylation is 1. The summed E-state index contributed by atoms with van der Waals surface area (Å²) in [5, 5.41) is 15.1. The van der Waals surface area contributed by atoms with Crippen LogP contribution in [0, 0.1) is 17.0 Å². The van der Waals surface area contributed by atoms with Crippen LogP contribution in [0.4, 0.5) is 5.69 Å². The molecule has 0 radical (unpaired) electrons. The molecule has 0 saturated carbocycles. The van der Waals surface area contributed by atoms with Gasteiger partial charge in [0.05, 0.1) is 4.92 Å². The van der Waals surface area contributed by atoms with E-state index in [1.54, 1.807) is 25.1 Å². The molecule has 0 fully saturated rings. The minimum Gasteiger partial charge on any atom is -0.333 e. The van der Waals surface area contributed by atoms with E-state index in [1.807, 2.05) is 30.3 Å². The van der Waals surface area contributed by atoms with Crippen molar-refractivity contribution in [3.63, 3.8) is 0 Å². The minimum absolute atomic E-state index is 0.0312. The highest BCUT2D eigenvalue weighted by molar-refractivity contribution is 6.50. The third kappa shape index (κ3) is 3.33. The van der Waals surface area contributed by atoms with Crippen molar-refractivity contribution < 1.29 is 9.45 Å². The topological polar surface area (TPSA) is 82.1 Å². The standard InChI is InChI=1S/C17H12ClN3O3/c1-11-7-8-12(10-15(11)21(22)23)9-14(18)17-19-16(20-24-17)13-5-3-2-4-6-13/h2-10H,1H3/b14-9-. The number of hydrogen-bond donors (Lipinski definition) is 0. The van der Waals surface area contributed by atoms with E-state index in [9.17, 15) is 10.1 Å². The summed E-state index contributed by atoms with van der Waals surface area (Å²) < 4.78 is 5.16. The molecule has 1 heterocycles. The Labute approximate surface area is 142 Å². The smallest absolute Gasteiger partial charge is 0.272 e. The Kier molecular flexibility index (Phi) is 4.39. The first kappa shape index (κ1) is 15.9. The lowest BCUT2D eigenvalue weighted by molar-refractivity contribution is -0.385. The molecular formula is C17H12ClN3O3. The average Bonchev–Trinajstić information content (AvgIpc) is 3.07. The molecule has 0 amide bonds. The number of aromatic nitrogens is 2. The summed E-state index contributed by atoms with van der Waals surface area (Å²) in [6.07, 6.45) is 1.55. The van der Waals surface area contributed by atoms with Gasteiger partial charge in [-0.15, -0.1) is 0 Å². The quantitative estimate of drug-likeness (QED) is 0.508. The van der Waals surface area contributed by atoms with Gasteiger partial charge in [0.1, 0.15) is 5.03 Å². The van der Waals surface area contributed by atoms with E-state index in [-0.39, 0.29) is 16.6 Å². The van der Waals surface area contributed by atoms with Gasteiger partial charge < -0.3 is 4.52 Å². The highest BCUT2D eigenvalue weighted by Gasteiger charge is 2.13. The van der Waals surface area contributed by atoms with Crippen LogP contribution in [0.2, 0.25) is 0 Å². The zero-order valence-electron chi connectivity index (χ0n) is 12.6. The first-order valence-electron chi connectivity index (χ1n) is 7.06. The lowest BCUT2D eigenvalue weighted by atomic mass is 10.1. The van der Waals surface area contributed by atoms with Crippen LogP contribution < -0.4 is 0 Å². The van der Waals surface area contributed by atoms with Crippen LogP contribution in [0.5, 0.6) is 0 Å². The normalized spacial score (nSPS) is 11.5. The van der Waals surface area contributed by atoms with E-state index < -0.39 is 4.92 Å². The summed E-state index contributed by atoms with van der Waals surface area (Å²) >= 11 is 6.21. The van der Waals surface area contributed by atoms with Crippen LogP contribution in [-0.2, 0) is 0 Å². The summed E-state index contributed by atoms with van der Waals surface area (Å²) in [6.45, 7) is 1.68. The third-order valence-corrected chi connectivity index (χ3v) is 3.66. The van der Waals surface area contributed by atoms with Gasteiger partial charge in [0, 0.05) is 17.2 Å². The predicted molar refractivity (Wildman–Crippen MR) is 91.3 cm³/mol. The van der Waals surface area contributed by atoms with Gasteiger partial charge in [0.25, 0.3) is 11.6 Å². The predicted octanol–water partition coefficient (Wildman–Crippen LogP) is 4.69. The van der Waals surface area contributed by atoms with Gasteiger partial charge in [-0.25, -0.2) is 0 Å². The zero-order valence-corrected chi connectivity index (χ0v) is 13.4. The number of nitro groups is 1. The molecule has 7 heteroatoms. The maximum atomic E-state index is 11.0. The summed E-state index contributed by atoms with van der Waals surface area (Å²) in [4.78, 5) is 14.8.